The van der Waals surface area contributed by atoms with E-state index >= 15 is 0 Å². The highest BCUT2D eigenvalue weighted by Gasteiger charge is 2.68. The number of hydrogen-bond acceptors (Lipinski definition) is 3. The third-order valence-corrected chi connectivity index (χ3v) is 8.61. The first-order valence-corrected chi connectivity index (χ1v) is 11.0. The van der Waals surface area contributed by atoms with Gasteiger partial charge in [-0.1, -0.05) is 30.3 Å². The number of amides is 1. The maximum atomic E-state index is 13.0. The van der Waals surface area contributed by atoms with Gasteiger partial charge >= 0.3 is 0 Å². The van der Waals surface area contributed by atoms with Gasteiger partial charge in [-0.3, -0.25) is 4.79 Å². The molecule has 0 radical (unpaired) electrons. The highest BCUT2D eigenvalue weighted by atomic mass is 35.5. The fourth-order valence-corrected chi connectivity index (χ4v) is 5.74. The maximum Gasteiger partial charge on any atom is 0.243 e. The van der Waals surface area contributed by atoms with E-state index < -0.39 is 19.8 Å². The number of fused-ring (bicyclic) bond motifs is 1. The van der Waals surface area contributed by atoms with Crippen molar-refractivity contribution in [2.24, 2.45) is 5.41 Å². The van der Waals surface area contributed by atoms with Gasteiger partial charge in [0.15, 0.2) is 0 Å². The fourth-order valence-electron chi connectivity index (χ4n) is 3.59. The van der Waals surface area contributed by atoms with Crippen LogP contribution in [0.3, 0.4) is 0 Å². The van der Waals surface area contributed by atoms with E-state index in [1.54, 1.807) is 24.0 Å². The summed E-state index contributed by atoms with van der Waals surface area (Å²) in [5.74, 6) is -0.102. The second-order valence-electron chi connectivity index (χ2n) is 7.42. The summed E-state index contributed by atoms with van der Waals surface area (Å²) in [6.07, 6.45) is 0.428. The number of carbonyl (C=O) groups is 1. The Morgan fingerprint density at radius 3 is 2.19 bits per heavy atom. The summed E-state index contributed by atoms with van der Waals surface area (Å²) in [5, 5.41) is 1.88. The van der Waals surface area contributed by atoms with E-state index in [0.29, 0.717) is 19.5 Å². The molecule has 0 spiro atoms. The molecule has 2 aromatic rings. The van der Waals surface area contributed by atoms with Crippen molar-refractivity contribution in [3.05, 3.63) is 42.5 Å². The Morgan fingerprint density at radius 2 is 1.59 bits per heavy atom. The van der Waals surface area contributed by atoms with Crippen LogP contribution in [0, 0.1) is 5.41 Å². The summed E-state index contributed by atoms with van der Waals surface area (Å²) in [6, 6.07) is 12.8. The highest BCUT2D eigenvalue weighted by Crippen LogP contribution is 2.64. The van der Waals surface area contributed by atoms with Gasteiger partial charge in [-0.25, -0.2) is 8.42 Å². The number of piperazine rings is 1. The Morgan fingerprint density at radius 1 is 1.00 bits per heavy atom. The van der Waals surface area contributed by atoms with Crippen molar-refractivity contribution in [2.45, 2.75) is 22.6 Å². The molecule has 0 N–H and O–H groups in total. The molecule has 1 saturated carbocycles. The minimum atomic E-state index is -3.60. The van der Waals surface area contributed by atoms with Crippen molar-refractivity contribution in [3.8, 4) is 0 Å². The first kappa shape index (κ1) is 19.0. The third-order valence-electron chi connectivity index (χ3n) is 5.61. The molecule has 2 aliphatic rings. The zero-order chi connectivity index (χ0) is 19.4. The van der Waals surface area contributed by atoms with Crippen molar-refractivity contribution in [1.82, 2.24) is 9.21 Å². The Balaban J connectivity index is 1.49. The first-order valence-electron chi connectivity index (χ1n) is 8.81. The number of sulfonamides is 1. The van der Waals surface area contributed by atoms with E-state index in [4.69, 9.17) is 23.2 Å². The molecule has 1 heterocycles. The van der Waals surface area contributed by atoms with Gasteiger partial charge in [0.05, 0.1) is 10.3 Å². The number of rotatable bonds is 3. The van der Waals surface area contributed by atoms with Crippen LogP contribution in [-0.2, 0) is 14.8 Å². The zero-order valence-corrected chi connectivity index (χ0v) is 17.2. The predicted octanol–water partition coefficient (Wildman–Crippen LogP) is 3.26. The lowest BCUT2D eigenvalue weighted by atomic mass is 10.1. The van der Waals surface area contributed by atoms with E-state index in [9.17, 15) is 13.2 Å². The van der Waals surface area contributed by atoms with Crippen LogP contribution in [0.2, 0.25) is 0 Å². The molecule has 0 bridgehead atoms. The molecule has 1 amide bonds. The van der Waals surface area contributed by atoms with Gasteiger partial charge in [0.1, 0.15) is 4.33 Å². The number of benzene rings is 2. The standard InChI is InChI=1S/C19H20Cl2N2O3S/c1-18(13-19(18,20)21)17(24)22-8-10-23(11-9-22)27(25,26)16-7-6-14-4-2-3-5-15(14)12-16/h2-7,12H,8-11,13H2,1H3/t18-/m0/s1. The van der Waals surface area contributed by atoms with Crippen molar-refractivity contribution >= 4 is 49.9 Å². The van der Waals surface area contributed by atoms with E-state index in [1.165, 1.54) is 4.31 Å². The molecule has 1 aliphatic heterocycles. The quantitative estimate of drug-likeness (QED) is 0.707. The molecule has 5 nitrogen and oxygen atoms in total. The Kier molecular flexibility index (Phi) is 4.46. The molecule has 27 heavy (non-hydrogen) atoms. The summed E-state index contributed by atoms with van der Waals surface area (Å²) in [6.45, 7) is 2.95. The molecular weight excluding hydrogens is 407 g/mol. The largest absolute Gasteiger partial charge is 0.339 e. The van der Waals surface area contributed by atoms with Crippen LogP contribution < -0.4 is 0 Å². The SMILES string of the molecule is C[C@@]1(C(=O)N2CCN(S(=O)(=O)c3ccc4ccccc4c3)CC2)CC1(Cl)Cl. The molecule has 2 aromatic carbocycles. The molecule has 1 aliphatic carbocycles. The Labute approximate surface area is 168 Å². The highest BCUT2D eigenvalue weighted by molar-refractivity contribution is 7.89. The molecule has 144 valence electrons. The lowest BCUT2D eigenvalue weighted by molar-refractivity contribution is -0.137. The van der Waals surface area contributed by atoms with Gasteiger partial charge in [-0.2, -0.15) is 4.31 Å². The van der Waals surface area contributed by atoms with Gasteiger partial charge in [0.2, 0.25) is 15.9 Å². The summed E-state index contributed by atoms with van der Waals surface area (Å²) >= 11 is 12.2. The van der Waals surface area contributed by atoms with Gasteiger partial charge in [-0.15, -0.1) is 23.2 Å². The number of hydrogen-bond donors (Lipinski definition) is 0. The monoisotopic (exact) mass is 426 g/mol. The topological polar surface area (TPSA) is 57.7 Å². The zero-order valence-electron chi connectivity index (χ0n) is 14.9. The van der Waals surface area contributed by atoms with Crippen LogP contribution in [0.4, 0.5) is 0 Å². The number of carbonyl (C=O) groups excluding carboxylic acids is 1. The predicted molar refractivity (Wildman–Crippen MR) is 106 cm³/mol. The summed E-state index contributed by atoms with van der Waals surface area (Å²) < 4.78 is 26.4. The van der Waals surface area contributed by atoms with Crippen molar-refractivity contribution in [1.29, 1.82) is 0 Å². The number of halogens is 2. The number of alkyl halides is 2. The van der Waals surface area contributed by atoms with Gasteiger partial charge in [0.25, 0.3) is 0 Å². The van der Waals surface area contributed by atoms with E-state index in [1.807, 2.05) is 30.3 Å². The van der Waals surface area contributed by atoms with Crippen molar-refractivity contribution in [2.75, 3.05) is 26.2 Å². The van der Waals surface area contributed by atoms with Gasteiger partial charge in [0, 0.05) is 26.2 Å². The van der Waals surface area contributed by atoms with E-state index in [2.05, 4.69) is 0 Å². The van der Waals surface area contributed by atoms with E-state index in [0.717, 1.165) is 10.8 Å². The maximum absolute atomic E-state index is 13.0. The summed E-state index contributed by atoms with van der Waals surface area (Å²) in [7, 11) is -3.60. The normalized spacial score (nSPS) is 25.5. The van der Waals surface area contributed by atoms with Crippen LogP contribution in [0.5, 0.6) is 0 Å². The fraction of sp³-hybridized carbons (Fsp3) is 0.421. The van der Waals surface area contributed by atoms with Crippen LogP contribution in [0.15, 0.2) is 47.4 Å². The minimum absolute atomic E-state index is 0.102. The molecule has 0 aromatic heterocycles. The second kappa shape index (κ2) is 6.34. The number of nitrogens with zero attached hydrogens (tertiary/aromatic N) is 2. The van der Waals surface area contributed by atoms with E-state index in [-0.39, 0.29) is 23.9 Å². The molecule has 1 saturated heterocycles. The van der Waals surface area contributed by atoms with Crippen molar-refractivity contribution < 1.29 is 13.2 Å². The van der Waals surface area contributed by atoms with Crippen LogP contribution in [-0.4, -0.2) is 54.0 Å². The van der Waals surface area contributed by atoms with Crippen LogP contribution in [0.1, 0.15) is 13.3 Å². The third kappa shape index (κ3) is 3.12. The first-order chi connectivity index (χ1) is 12.6. The summed E-state index contributed by atoms with van der Waals surface area (Å²) in [4.78, 5) is 14.6. The summed E-state index contributed by atoms with van der Waals surface area (Å²) in [5.41, 5.74) is -0.768. The van der Waals surface area contributed by atoms with Crippen molar-refractivity contribution in [3.63, 3.8) is 0 Å². The minimum Gasteiger partial charge on any atom is -0.339 e. The Hall–Kier alpha value is -1.34. The smallest absolute Gasteiger partial charge is 0.243 e. The second-order valence-corrected chi connectivity index (χ2v) is 10.8. The molecular formula is C19H20Cl2N2O3S. The molecule has 0 unspecified atom stereocenters. The van der Waals surface area contributed by atoms with Gasteiger partial charge < -0.3 is 4.90 Å². The Bertz CT molecular complexity index is 1020. The molecule has 4 rings (SSSR count). The average Bonchev–Trinajstić information content (AvgIpc) is 3.19. The van der Waals surface area contributed by atoms with Crippen LogP contribution in [0.25, 0.3) is 10.8 Å². The average molecular weight is 427 g/mol. The molecule has 2 fully saturated rings. The lowest BCUT2D eigenvalue weighted by Crippen LogP contribution is -2.52. The molecule has 8 heteroatoms. The van der Waals surface area contributed by atoms with Gasteiger partial charge in [-0.05, 0) is 36.2 Å². The lowest BCUT2D eigenvalue weighted by Gasteiger charge is -2.35. The molecule has 1 atom stereocenters. The van der Waals surface area contributed by atoms with Crippen LogP contribution >= 0.6 is 23.2 Å².